The van der Waals surface area contributed by atoms with Crippen molar-refractivity contribution in [1.82, 2.24) is 4.31 Å². The van der Waals surface area contributed by atoms with E-state index in [0.29, 0.717) is 30.1 Å². The first-order valence-corrected chi connectivity index (χ1v) is 10.6. The highest BCUT2D eigenvalue weighted by Gasteiger charge is 2.29. The number of nitrogens with zero attached hydrogens (tertiary/aromatic N) is 3. The van der Waals surface area contributed by atoms with E-state index in [1.807, 2.05) is 45.0 Å². The zero-order valence-electron chi connectivity index (χ0n) is 16.1. The number of nitriles is 1. The fourth-order valence-corrected chi connectivity index (χ4v) is 5.72. The minimum atomic E-state index is -3.52. The first-order chi connectivity index (χ1) is 12.8. The van der Waals surface area contributed by atoms with Gasteiger partial charge in [-0.3, -0.25) is 0 Å². The van der Waals surface area contributed by atoms with E-state index < -0.39 is 10.0 Å². The van der Waals surface area contributed by atoms with Gasteiger partial charge in [-0.25, -0.2) is 8.42 Å². The Bertz CT molecular complexity index is 952. The lowest BCUT2D eigenvalue weighted by Crippen LogP contribution is -2.36. The van der Waals surface area contributed by atoms with Crippen LogP contribution in [-0.2, 0) is 10.0 Å². The minimum absolute atomic E-state index is 0.444. The van der Waals surface area contributed by atoms with Crippen LogP contribution in [0.15, 0.2) is 41.3 Å². The molecule has 2 aromatic rings. The maximum absolute atomic E-state index is 13.3. The van der Waals surface area contributed by atoms with Gasteiger partial charge in [0.15, 0.2) is 0 Å². The Hall–Kier alpha value is -2.36. The Morgan fingerprint density at radius 2 is 1.56 bits per heavy atom. The molecule has 3 rings (SSSR count). The molecule has 0 amide bonds. The van der Waals surface area contributed by atoms with Crippen molar-refractivity contribution in [3.8, 4) is 6.07 Å². The number of sulfonamides is 1. The average Bonchev–Trinajstić information content (AvgIpc) is 2.87. The quantitative estimate of drug-likeness (QED) is 0.815. The lowest BCUT2D eigenvalue weighted by atomic mass is 10.1. The first-order valence-electron chi connectivity index (χ1n) is 9.16. The van der Waals surface area contributed by atoms with Crippen molar-refractivity contribution in [2.45, 2.75) is 32.1 Å². The summed E-state index contributed by atoms with van der Waals surface area (Å²) in [6, 6.07) is 13.4. The normalized spacial score (nSPS) is 16.0. The zero-order chi connectivity index (χ0) is 19.6. The van der Waals surface area contributed by atoms with Gasteiger partial charge in [-0.1, -0.05) is 17.7 Å². The van der Waals surface area contributed by atoms with Gasteiger partial charge in [-0.15, -0.1) is 0 Å². The Morgan fingerprint density at radius 3 is 2.15 bits per heavy atom. The van der Waals surface area contributed by atoms with Crippen LogP contribution in [-0.4, -0.2) is 38.9 Å². The number of aryl methyl sites for hydroxylation is 3. The number of rotatable bonds is 3. The Kier molecular flexibility index (Phi) is 5.54. The topological polar surface area (TPSA) is 64.4 Å². The molecule has 1 aliphatic heterocycles. The van der Waals surface area contributed by atoms with Gasteiger partial charge >= 0.3 is 0 Å². The summed E-state index contributed by atoms with van der Waals surface area (Å²) in [4.78, 5) is 2.63. The van der Waals surface area contributed by atoms with Crippen LogP contribution in [0.4, 0.5) is 5.69 Å². The van der Waals surface area contributed by atoms with Crippen molar-refractivity contribution in [3.05, 3.63) is 58.7 Å². The predicted molar refractivity (Wildman–Crippen MR) is 107 cm³/mol. The molecule has 0 saturated carbocycles. The third-order valence-electron chi connectivity index (χ3n) is 5.02. The molecule has 27 heavy (non-hydrogen) atoms. The van der Waals surface area contributed by atoms with E-state index in [-0.39, 0.29) is 0 Å². The molecule has 6 heteroatoms. The minimum Gasteiger partial charge on any atom is -0.370 e. The molecule has 0 bridgehead atoms. The van der Waals surface area contributed by atoms with Gasteiger partial charge in [0.1, 0.15) is 0 Å². The molecule has 1 aliphatic rings. The molecule has 0 radical (unpaired) electrons. The summed E-state index contributed by atoms with van der Waals surface area (Å²) in [6.45, 7) is 8.12. The van der Waals surface area contributed by atoms with Crippen LogP contribution < -0.4 is 4.90 Å². The monoisotopic (exact) mass is 383 g/mol. The van der Waals surface area contributed by atoms with Gasteiger partial charge in [-0.05, 0) is 62.6 Å². The second kappa shape index (κ2) is 7.71. The summed E-state index contributed by atoms with van der Waals surface area (Å²) in [7, 11) is -3.52. The first kappa shape index (κ1) is 19.4. The van der Waals surface area contributed by atoms with Gasteiger partial charge in [-0.2, -0.15) is 9.57 Å². The third kappa shape index (κ3) is 4.00. The maximum Gasteiger partial charge on any atom is 0.243 e. The lowest BCUT2D eigenvalue weighted by molar-refractivity contribution is 0.432. The highest BCUT2D eigenvalue weighted by atomic mass is 32.2. The molecule has 1 fully saturated rings. The fourth-order valence-electron chi connectivity index (χ4n) is 3.84. The average molecular weight is 384 g/mol. The Morgan fingerprint density at radius 1 is 0.926 bits per heavy atom. The Labute approximate surface area is 161 Å². The van der Waals surface area contributed by atoms with Crippen LogP contribution in [0.3, 0.4) is 0 Å². The number of anilines is 1. The highest BCUT2D eigenvalue weighted by molar-refractivity contribution is 7.89. The summed E-state index contributed by atoms with van der Waals surface area (Å²) in [5.74, 6) is 0. The van der Waals surface area contributed by atoms with Crippen molar-refractivity contribution in [1.29, 1.82) is 5.26 Å². The predicted octanol–water partition coefficient (Wildman–Crippen LogP) is 3.38. The molecule has 1 saturated heterocycles. The number of benzene rings is 2. The van der Waals surface area contributed by atoms with Crippen LogP contribution in [0.1, 0.15) is 28.7 Å². The van der Waals surface area contributed by atoms with Crippen LogP contribution in [0.25, 0.3) is 0 Å². The molecule has 0 aliphatic carbocycles. The molecule has 0 atom stereocenters. The van der Waals surface area contributed by atoms with E-state index in [1.54, 1.807) is 16.4 Å². The molecule has 0 N–H and O–H groups in total. The van der Waals surface area contributed by atoms with Gasteiger partial charge in [0.05, 0.1) is 16.5 Å². The van der Waals surface area contributed by atoms with E-state index >= 15 is 0 Å². The van der Waals surface area contributed by atoms with Crippen molar-refractivity contribution in [2.75, 3.05) is 31.1 Å². The maximum atomic E-state index is 13.3. The molecule has 5 nitrogen and oxygen atoms in total. The van der Waals surface area contributed by atoms with E-state index in [2.05, 4.69) is 11.0 Å². The number of hydrogen-bond donors (Lipinski definition) is 0. The largest absolute Gasteiger partial charge is 0.370 e. The van der Waals surface area contributed by atoms with E-state index in [0.717, 1.165) is 35.3 Å². The molecule has 0 spiro atoms. The fraction of sp³-hybridized carbons (Fsp3) is 0.381. The second-order valence-corrected chi connectivity index (χ2v) is 9.01. The van der Waals surface area contributed by atoms with Crippen molar-refractivity contribution in [2.24, 2.45) is 0 Å². The lowest BCUT2D eigenvalue weighted by Gasteiger charge is -2.24. The Balaban J connectivity index is 1.82. The standard InChI is InChI=1S/C21H25N3O2S/c1-16-13-17(2)21(18(3)14-16)27(25,26)24-10-4-9-23(11-12-24)20-7-5-19(15-22)6-8-20/h5-8,13-14H,4,9-12H2,1-3H3. The van der Waals surface area contributed by atoms with E-state index in [1.165, 1.54) is 0 Å². The van der Waals surface area contributed by atoms with E-state index in [4.69, 9.17) is 5.26 Å². The molecule has 1 heterocycles. The summed E-state index contributed by atoms with van der Waals surface area (Å²) in [5.41, 5.74) is 4.34. The van der Waals surface area contributed by atoms with Gasteiger partial charge in [0, 0.05) is 31.9 Å². The second-order valence-electron chi connectivity index (χ2n) is 7.13. The zero-order valence-corrected chi connectivity index (χ0v) is 16.9. The van der Waals surface area contributed by atoms with Gasteiger partial charge in [0.2, 0.25) is 10.0 Å². The molecule has 0 aromatic heterocycles. The molecular formula is C21H25N3O2S. The van der Waals surface area contributed by atoms with E-state index in [9.17, 15) is 8.42 Å². The number of hydrogen-bond acceptors (Lipinski definition) is 4. The van der Waals surface area contributed by atoms with Crippen LogP contribution in [0.2, 0.25) is 0 Å². The third-order valence-corrected chi connectivity index (χ3v) is 7.22. The van der Waals surface area contributed by atoms with Crippen LogP contribution in [0.5, 0.6) is 0 Å². The smallest absolute Gasteiger partial charge is 0.243 e. The summed E-state index contributed by atoms with van der Waals surface area (Å²) in [5, 5.41) is 8.94. The van der Waals surface area contributed by atoms with Crippen molar-refractivity contribution >= 4 is 15.7 Å². The molecule has 142 valence electrons. The molecular weight excluding hydrogens is 358 g/mol. The van der Waals surface area contributed by atoms with Gasteiger partial charge < -0.3 is 4.90 Å². The molecule has 0 unspecified atom stereocenters. The van der Waals surface area contributed by atoms with Crippen LogP contribution >= 0.6 is 0 Å². The SMILES string of the molecule is Cc1cc(C)c(S(=O)(=O)N2CCCN(c3ccc(C#N)cc3)CC2)c(C)c1. The summed E-state index contributed by atoms with van der Waals surface area (Å²) < 4.78 is 28.2. The van der Waals surface area contributed by atoms with Crippen molar-refractivity contribution < 1.29 is 8.42 Å². The van der Waals surface area contributed by atoms with Crippen LogP contribution in [0, 0.1) is 32.1 Å². The van der Waals surface area contributed by atoms with Gasteiger partial charge in [0.25, 0.3) is 0 Å². The summed E-state index contributed by atoms with van der Waals surface area (Å²) >= 11 is 0. The van der Waals surface area contributed by atoms with Crippen molar-refractivity contribution in [3.63, 3.8) is 0 Å². The highest BCUT2D eigenvalue weighted by Crippen LogP contribution is 2.27. The molecule has 2 aromatic carbocycles. The summed E-state index contributed by atoms with van der Waals surface area (Å²) in [6.07, 6.45) is 0.767.